The van der Waals surface area contributed by atoms with Gasteiger partial charge in [-0.15, -0.1) is 0 Å². The number of amides is 1. The normalized spacial score (nSPS) is 10.6. The largest absolute Gasteiger partial charge is 0.388 e. The minimum absolute atomic E-state index is 0.00315. The summed E-state index contributed by atoms with van der Waals surface area (Å²) in [4.78, 5) is 18.8. The number of hydrogen-bond donors (Lipinski definition) is 1. The fourth-order valence-electron chi connectivity index (χ4n) is 2.33. The van der Waals surface area contributed by atoms with Gasteiger partial charge in [-0.25, -0.2) is 4.98 Å². The smallest absolute Gasteiger partial charge is 0.272 e. The molecule has 1 aromatic carbocycles. The summed E-state index contributed by atoms with van der Waals surface area (Å²) in [6, 6.07) is 9.69. The summed E-state index contributed by atoms with van der Waals surface area (Å²) in [6.45, 7) is 5.53. The van der Waals surface area contributed by atoms with Gasteiger partial charge in [-0.3, -0.25) is 4.79 Å². The molecule has 1 heterocycles. The first-order valence-electron chi connectivity index (χ1n) is 7.08. The Kier molecular flexibility index (Phi) is 4.56. The number of carbonyl (C=O) groups excluding carboxylic acids is 1. The predicted molar refractivity (Wildman–Crippen MR) is 83.2 cm³/mol. The molecule has 0 spiro atoms. The van der Waals surface area contributed by atoms with Gasteiger partial charge in [0.05, 0.1) is 5.52 Å². The Hall–Kier alpha value is -2.10. The number of hydrogen-bond acceptors (Lipinski definition) is 3. The van der Waals surface area contributed by atoms with Gasteiger partial charge in [0, 0.05) is 31.2 Å². The highest BCUT2D eigenvalue weighted by Crippen LogP contribution is 2.23. The maximum Gasteiger partial charge on any atom is 0.272 e. The maximum absolute atomic E-state index is 12.5. The van der Waals surface area contributed by atoms with Crippen LogP contribution in [0, 0.1) is 0 Å². The van der Waals surface area contributed by atoms with E-state index in [9.17, 15) is 4.79 Å². The number of carbonyl (C=O) groups is 1. The van der Waals surface area contributed by atoms with Gasteiger partial charge in [-0.05, 0) is 25.5 Å². The van der Waals surface area contributed by atoms with Crippen LogP contribution in [0.25, 0.3) is 10.9 Å². The van der Waals surface area contributed by atoms with E-state index in [-0.39, 0.29) is 5.91 Å². The zero-order chi connectivity index (χ0) is 14.5. The van der Waals surface area contributed by atoms with E-state index in [1.165, 1.54) is 0 Å². The van der Waals surface area contributed by atoms with Crippen molar-refractivity contribution in [2.75, 3.05) is 25.5 Å². The van der Waals surface area contributed by atoms with Crippen LogP contribution in [0.5, 0.6) is 0 Å². The van der Waals surface area contributed by atoms with Crippen LogP contribution in [0.1, 0.15) is 30.8 Å². The number of para-hydroxylation sites is 1. The number of nitrogens with one attached hydrogen (secondary N) is 1. The molecule has 20 heavy (non-hydrogen) atoms. The molecule has 1 aromatic heterocycles. The Morgan fingerprint density at radius 3 is 2.70 bits per heavy atom. The number of fused-ring (bicyclic) bond motifs is 1. The molecule has 0 bridgehead atoms. The molecule has 1 amide bonds. The van der Waals surface area contributed by atoms with E-state index in [1.54, 1.807) is 0 Å². The van der Waals surface area contributed by atoms with Crippen LogP contribution in [0.3, 0.4) is 0 Å². The van der Waals surface area contributed by atoms with Crippen molar-refractivity contribution in [2.24, 2.45) is 0 Å². The summed E-state index contributed by atoms with van der Waals surface area (Å²) < 4.78 is 0. The summed E-state index contributed by atoms with van der Waals surface area (Å²) in [5.41, 5.74) is 2.28. The Morgan fingerprint density at radius 1 is 1.30 bits per heavy atom. The molecule has 0 aliphatic rings. The molecule has 0 fully saturated rings. The standard InChI is InChI=1S/C16H21N3O/c1-4-10-19(5-2)16(20)15-11-14(17-3)12-8-6-7-9-13(12)18-15/h6-9,11H,4-5,10H2,1-3H3,(H,17,18). The third kappa shape index (κ3) is 2.74. The van der Waals surface area contributed by atoms with Crippen molar-refractivity contribution in [3.05, 3.63) is 36.0 Å². The lowest BCUT2D eigenvalue weighted by Gasteiger charge is -2.20. The van der Waals surface area contributed by atoms with E-state index in [1.807, 2.05) is 49.2 Å². The lowest BCUT2D eigenvalue weighted by atomic mass is 10.1. The number of benzene rings is 1. The van der Waals surface area contributed by atoms with Crippen LogP contribution >= 0.6 is 0 Å². The minimum Gasteiger partial charge on any atom is -0.388 e. The van der Waals surface area contributed by atoms with Crippen LogP contribution in [0.4, 0.5) is 5.69 Å². The van der Waals surface area contributed by atoms with Crippen molar-refractivity contribution in [2.45, 2.75) is 20.3 Å². The second kappa shape index (κ2) is 6.37. The average Bonchev–Trinajstić information content (AvgIpc) is 2.50. The predicted octanol–water partition coefficient (Wildman–Crippen LogP) is 3.15. The van der Waals surface area contributed by atoms with Gasteiger partial charge in [0.15, 0.2) is 0 Å². The topological polar surface area (TPSA) is 45.2 Å². The molecule has 0 saturated carbocycles. The number of aromatic nitrogens is 1. The van der Waals surface area contributed by atoms with E-state index in [0.29, 0.717) is 12.2 Å². The van der Waals surface area contributed by atoms with Crippen LogP contribution < -0.4 is 5.32 Å². The van der Waals surface area contributed by atoms with Crippen molar-refractivity contribution in [1.29, 1.82) is 0 Å². The molecule has 0 atom stereocenters. The highest BCUT2D eigenvalue weighted by atomic mass is 16.2. The second-order valence-electron chi connectivity index (χ2n) is 4.71. The van der Waals surface area contributed by atoms with Gasteiger partial charge in [0.2, 0.25) is 0 Å². The van der Waals surface area contributed by atoms with Gasteiger partial charge in [-0.1, -0.05) is 25.1 Å². The van der Waals surface area contributed by atoms with Crippen molar-refractivity contribution in [3.63, 3.8) is 0 Å². The van der Waals surface area contributed by atoms with Gasteiger partial charge in [0.1, 0.15) is 5.69 Å². The van der Waals surface area contributed by atoms with E-state index in [2.05, 4.69) is 17.2 Å². The van der Waals surface area contributed by atoms with E-state index >= 15 is 0 Å². The lowest BCUT2D eigenvalue weighted by Crippen LogP contribution is -2.32. The zero-order valence-corrected chi connectivity index (χ0v) is 12.3. The fourth-order valence-corrected chi connectivity index (χ4v) is 2.33. The quantitative estimate of drug-likeness (QED) is 0.908. The average molecular weight is 271 g/mol. The van der Waals surface area contributed by atoms with Crippen LogP contribution in [-0.4, -0.2) is 35.9 Å². The molecular formula is C16H21N3O. The summed E-state index contributed by atoms with van der Waals surface area (Å²) in [6.07, 6.45) is 0.950. The molecule has 2 aromatic rings. The molecular weight excluding hydrogens is 250 g/mol. The summed E-state index contributed by atoms with van der Waals surface area (Å²) in [5.74, 6) is -0.00315. The first kappa shape index (κ1) is 14.3. The SMILES string of the molecule is CCCN(CC)C(=O)c1cc(NC)c2ccccc2n1. The zero-order valence-electron chi connectivity index (χ0n) is 12.3. The highest BCUT2D eigenvalue weighted by Gasteiger charge is 2.16. The molecule has 0 aliphatic carbocycles. The van der Waals surface area contributed by atoms with E-state index < -0.39 is 0 Å². The Labute approximate surface area is 119 Å². The summed E-state index contributed by atoms with van der Waals surface area (Å²) in [5, 5.41) is 4.18. The Balaban J connectivity index is 2.46. The van der Waals surface area contributed by atoms with Crippen molar-refractivity contribution in [3.8, 4) is 0 Å². The van der Waals surface area contributed by atoms with Gasteiger partial charge < -0.3 is 10.2 Å². The lowest BCUT2D eigenvalue weighted by molar-refractivity contribution is 0.0759. The first-order chi connectivity index (χ1) is 9.71. The van der Waals surface area contributed by atoms with Gasteiger partial charge in [-0.2, -0.15) is 0 Å². The van der Waals surface area contributed by atoms with Crippen molar-refractivity contribution < 1.29 is 4.79 Å². The molecule has 106 valence electrons. The van der Waals surface area contributed by atoms with E-state index in [4.69, 9.17) is 0 Å². The van der Waals surface area contributed by atoms with Crippen molar-refractivity contribution >= 4 is 22.5 Å². The van der Waals surface area contributed by atoms with Gasteiger partial charge >= 0.3 is 0 Å². The minimum atomic E-state index is -0.00315. The van der Waals surface area contributed by atoms with Crippen LogP contribution in [-0.2, 0) is 0 Å². The Bertz CT molecular complexity index is 610. The van der Waals surface area contributed by atoms with Gasteiger partial charge in [0.25, 0.3) is 5.91 Å². The highest BCUT2D eigenvalue weighted by molar-refractivity contribution is 5.99. The van der Waals surface area contributed by atoms with Crippen molar-refractivity contribution in [1.82, 2.24) is 9.88 Å². The molecule has 2 rings (SSSR count). The molecule has 4 heteroatoms. The first-order valence-corrected chi connectivity index (χ1v) is 7.08. The third-order valence-corrected chi connectivity index (χ3v) is 3.37. The molecule has 0 saturated heterocycles. The molecule has 0 aliphatic heterocycles. The summed E-state index contributed by atoms with van der Waals surface area (Å²) in [7, 11) is 1.86. The molecule has 4 nitrogen and oxygen atoms in total. The number of pyridine rings is 1. The third-order valence-electron chi connectivity index (χ3n) is 3.37. The maximum atomic E-state index is 12.5. The number of nitrogens with zero attached hydrogens (tertiary/aromatic N) is 2. The summed E-state index contributed by atoms with van der Waals surface area (Å²) >= 11 is 0. The van der Waals surface area contributed by atoms with E-state index in [0.717, 1.165) is 29.6 Å². The Morgan fingerprint density at radius 2 is 2.05 bits per heavy atom. The number of anilines is 1. The molecule has 0 unspecified atom stereocenters. The van der Waals surface area contributed by atoms with Crippen LogP contribution in [0.15, 0.2) is 30.3 Å². The molecule has 1 N–H and O–H groups in total. The monoisotopic (exact) mass is 271 g/mol. The fraction of sp³-hybridized carbons (Fsp3) is 0.375. The van der Waals surface area contributed by atoms with Crippen LogP contribution in [0.2, 0.25) is 0 Å². The number of rotatable bonds is 5. The molecule has 0 radical (unpaired) electrons. The second-order valence-corrected chi connectivity index (χ2v) is 4.71.